The van der Waals surface area contributed by atoms with Crippen LogP contribution in [-0.2, 0) is 32.9 Å². The first-order valence-electron chi connectivity index (χ1n) is 35.6. The number of alkyl halides is 9. The summed E-state index contributed by atoms with van der Waals surface area (Å²) in [4.78, 5) is 59.1. The van der Waals surface area contributed by atoms with Gasteiger partial charge in [0.1, 0.15) is 0 Å². The molecule has 0 unspecified atom stereocenters. The van der Waals surface area contributed by atoms with Gasteiger partial charge in [-0.3, -0.25) is 14.4 Å². The first-order chi connectivity index (χ1) is 48.5. The lowest BCUT2D eigenvalue weighted by Crippen LogP contribution is -2.42. The lowest BCUT2D eigenvalue weighted by atomic mass is 9.92. The maximum atomic E-state index is 13.4. The van der Waals surface area contributed by atoms with Gasteiger partial charge in [0.05, 0.1) is 50.8 Å². The molecule has 0 bridgehead atoms. The Bertz CT molecular complexity index is 3770. The molecule has 6 aromatic rings. The molecular weight excluding hydrogens is 1370 g/mol. The third kappa shape index (κ3) is 19.8. The maximum Gasteiger partial charge on any atom is 0.416 e. The zero-order valence-electron chi connectivity index (χ0n) is 57.6. The van der Waals surface area contributed by atoms with Crippen molar-refractivity contribution in [2.24, 2.45) is 23.5 Å². The summed E-state index contributed by atoms with van der Waals surface area (Å²) in [5.74, 6) is 2.28. The number of rotatable bonds is 20. The van der Waals surface area contributed by atoms with Crippen molar-refractivity contribution >= 4 is 87.1 Å². The molecule has 24 heteroatoms. The number of amides is 3. The van der Waals surface area contributed by atoms with Crippen molar-refractivity contribution in [2.75, 3.05) is 120 Å². The largest absolute Gasteiger partial charge is 0.416 e. The second-order valence-corrected chi connectivity index (χ2v) is 30.9. The third-order valence-corrected chi connectivity index (χ3v) is 23.9. The van der Waals surface area contributed by atoms with Crippen LogP contribution >= 0.6 is 35.3 Å². The number of para-hydroxylation sites is 3. The summed E-state index contributed by atoms with van der Waals surface area (Å²) < 4.78 is 120. The van der Waals surface area contributed by atoms with Crippen LogP contribution < -0.4 is 20.4 Å². The summed E-state index contributed by atoms with van der Waals surface area (Å²) in [6.45, 7) is 11.1. The van der Waals surface area contributed by atoms with Crippen molar-refractivity contribution in [3.05, 3.63) is 144 Å². The molecule has 6 aromatic carbocycles. The Morgan fingerprint density at radius 1 is 0.406 bits per heavy atom. The van der Waals surface area contributed by atoms with Crippen molar-refractivity contribution in [3.63, 3.8) is 0 Å². The van der Waals surface area contributed by atoms with Crippen LogP contribution in [0.15, 0.2) is 157 Å². The number of fused-ring (bicyclic) bond motifs is 6. The summed E-state index contributed by atoms with van der Waals surface area (Å²) in [6.07, 6.45) is 1.42. The highest BCUT2D eigenvalue weighted by Crippen LogP contribution is 2.53. The number of nitrogens with zero attached hydrogens (tertiary/aromatic N) is 8. The topological polar surface area (TPSA) is 103 Å². The minimum atomic E-state index is -4.36. The smallest absolute Gasteiger partial charge is 0.343 e. The highest BCUT2D eigenvalue weighted by atomic mass is 32.2. The minimum absolute atomic E-state index is 0.130. The maximum absolute atomic E-state index is 13.4. The van der Waals surface area contributed by atoms with Gasteiger partial charge >= 0.3 is 18.5 Å². The van der Waals surface area contributed by atoms with Crippen molar-refractivity contribution < 1.29 is 53.9 Å². The molecule has 12 nitrogen and oxygen atoms in total. The normalized spacial score (nSPS) is 17.3. The third-order valence-electron chi connectivity index (χ3n) is 20.5. The van der Waals surface area contributed by atoms with Gasteiger partial charge in [0.25, 0.3) is 0 Å². The standard InChI is InChI=1S/C27H32F3N3OS.C26H32F3N3OS.C24H28F3N3OS/c28-27(29,30)21-8-9-25-23(19-21)33(22-6-1-2-7-24(22)35-25)15-3-5-20-10-17-32(18-11-20)26(34)12-16-31-13-4-14-31;1-30(2)15-13-25(33)31-16-11-19(12-17-31)6-5-14-32-21-7-3-4-8-23(21)34-24-10-9-20(18-22(24)32)26(27,28)29;25-24(26,27)18-7-8-22-20(16-18)30(19-5-1-2-6-21(19)32-22)13-3-4-17-10-14-29(15-11-17)23(31)9-12-28/h1-2,6-9,19-20H,3-5,10-18H2;3-4,7-10,18-19H,5-6,11-17H2,1-2H3;1-2,5-8,16-17H,3-4,9-15,28H2. The lowest BCUT2D eigenvalue weighted by molar-refractivity contribution is -0.138. The van der Waals surface area contributed by atoms with Crippen LogP contribution in [-0.4, -0.2) is 148 Å². The average Bonchev–Trinajstić information content (AvgIpc) is 0.778. The summed E-state index contributed by atoms with van der Waals surface area (Å²) in [5.41, 5.74) is 8.49. The van der Waals surface area contributed by atoms with E-state index in [0.717, 1.165) is 195 Å². The molecule has 2 N–H and O–H groups in total. The quantitative estimate of drug-likeness (QED) is 0.0736. The Labute approximate surface area is 600 Å². The molecule has 0 spiro atoms. The van der Waals surface area contributed by atoms with Crippen LogP contribution in [0, 0.1) is 17.8 Å². The predicted octanol–water partition coefficient (Wildman–Crippen LogP) is 18.4. The van der Waals surface area contributed by atoms with Crippen LogP contribution in [0.4, 0.5) is 73.6 Å². The molecule has 0 saturated carbocycles. The summed E-state index contributed by atoms with van der Waals surface area (Å²) in [6, 6.07) is 35.9. The molecule has 4 saturated heterocycles. The molecule has 3 amide bonds. The molecule has 101 heavy (non-hydrogen) atoms. The van der Waals surface area contributed by atoms with Gasteiger partial charge < -0.3 is 44.9 Å². The molecule has 0 radical (unpaired) electrons. The average molecular weight is 1460 g/mol. The van der Waals surface area contributed by atoms with Gasteiger partial charge in [-0.15, -0.1) is 0 Å². The fraction of sp³-hybridized carbons (Fsp3) is 0.494. The highest BCUT2D eigenvalue weighted by Gasteiger charge is 2.37. The minimum Gasteiger partial charge on any atom is -0.343 e. The number of carbonyl (C=O) groups excluding carboxylic acids is 3. The number of benzene rings is 6. The number of carbonyl (C=O) groups is 3. The van der Waals surface area contributed by atoms with Crippen LogP contribution in [0.25, 0.3) is 0 Å². The summed E-state index contributed by atoms with van der Waals surface area (Å²) in [5, 5.41) is 0. The Balaban J connectivity index is 0.000000153. The second-order valence-electron chi connectivity index (χ2n) is 27.6. The second kappa shape index (κ2) is 34.4. The monoisotopic (exact) mass is 1460 g/mol. The van der Waals surface area contributed by atoms with E-state index in [1.54, 1.807) is 18.2 Å². The first-order valence-corrected chi connectivity index (χ1v) is 38.1. The number of nitrogens with two attached hydrogens (primary N) is 1. The Kier molecular flexibility index (Phi) is 25.7. The van der Waals surface area contributed by atoms with Gasteiger partial charge in [-0.1, -0.05) is 71.7 Å². The van der Waals surface area contributed by atoms with E-state index in [-0.39, 0.29) is 17.7 Å². The molecule has 13 rings (SSSR count). The number of anilines is 6. The first kappa shape index (κ1) is 75.6. The van der Waals surface area contributed by atoms with E-state index in [1.807, 2.05) is 111 Å². The van der Waals surface area contributed by atoms with Crippen LogP contribution in [0.1, 0.15) is 119 Å². The number of halogens is 9. The fourth-order valence-electron chi connectivity index (χ4n) is 14.5. The predicted molar refractivity (Wildman–Crippen MR) is 385 cm³/mol. The number of hydrogen-bond donors (Lipinski definition) is 1. The molecular formula is C77H92F9N9O3S3. The van der Waals surface area contributed by atoms with Crippen LogP contribution in [0.5, 0.6) is 0 Å². The van der Waals surface area contributed by atoms with Gasteiger partial charge in [-0.05, 0) is 219 Å². The Hall–Kier alpha value is -6.57. The van der Waals surface area contributed by atoms with E-state index in [1.165, 1.54) is 72.0 Å². The van der Waals surface area contributed by atoms with E-state index in [2.05, 4.69) is 14.7 Å². The molecule has 4 fully saturated rings. The zero-order chi connectivity index (χ0) is 71.4. The molecule has 7 aliphatic heterocycles. The Morgan fingerprint density at radius 2 is 0.713 bits per heavy atom. The van der Waals surface area contributed by atoms with E-state index in [4.69, 9.17) is 5.73 Å². The van der Waals surface area contributed by atoms with Gasteiger partial charge in [-0.2, -0.15) is 39.5 Å². The van der Waals surface area contributed by atoms with Crippen molar-refractivity contribution in [2.45, 2.75) is 151 Å². The number of likely N-dealkylation sites (tertiary alicyclic amines) is 4. The number of piperidine rings is 3. The molecule has 0 aromatic heterocycles. The van der Waals surface area contributed by atoms with Gasteiger partial charge in [0.15, 0.2) is 0 Å². The fourth-order valence-corrected chi connectivity index (χ4v) is 17.8. The van der Waals surface area contributed by atoms with Crippen molar-refractivity contribution in [1.29, 1.82) is 0 Å². The van der Waals surface area contributed by atoms with E-state index in [9.17, 15) is 53.9 Å². The summed E-state index contributed by atoms with van der Waals surface area (Å²) >= 11 is 4.58. The highest BCUT2D eigenvalue weighted by molar-refractivity contribution is 8.00. The molecule has 7 heterocycles. The Morgan fingerprint density at radius 3 is 1.01 bits per heavy atom. The van der Waals surface area contributed by atoms with Crippen LogP contribution in [0.3, 0.4) is 0 Å². The zero-order valence-corrected chi connectivity index (χ0v) is 60.0. The lowest BCUT2D eigenvalue weighted by Gasteiger charge is -2.35. The molecule has 7 aliphatic rings. The van der Waals surface area contributed by atoms with Crippen molar-refractivity contribution in [3.8, 4) is 0 Å². The molecule has 544 valence electrons. The molecule has 0 aliphatic carbocycles. The summed E-state index contributed by atoms with van der Waals surface area (Å²) in [7, 11) is 3.95. The van der Waals surface area contributed by atoms with Gasteiger partial charge in [0.2, 0.25) is 17.7 Å². The van der Waals surface area contributed by atoms with Gasteiger partial charge in [-0.25, -0.2) is 0 Å². The number of hydrogen-bond acceptors (Lipinski definition) is 12. The van der Waals surface area contributed by atoms with Crippen LogP contribution in [0.2, 0.25) is 0 Å². The van der Waals surface area contributed by atoms with Gasteiger partial charge in [0, 0.05) is 127 Å². The molecule has 0 atom stereocenters. The van der Waals surface area contributed by atoms with Crippen molar-refractivity contribution in [1.82, 2.24) is 24.5 Å². The SMILES string of the molecule is CN(C)CCC(=O)N1CCC(CCCN2c3ccccc3Sc3ccc(C(F)(F)F)cc32)CC1.NCCC(=O)N1CCC(CCCN2c3ccccc3Sc3ccc(C(F)(F)F)cc32)CC1.O=C(CCN1CCC1)N1CCC(CCCN2c3ccccc3Sc3ccc(C(F)(F)F)cc32)CC1. The van der Waals surface area contributed by atoms with E-state index < -0.39 is 35.2 Å². The van der Waals surface area contributed by atoms with E-state index >= 15 is 0 Å². The van der Waals surface area contributed by atoms with E-state index in [0.29, 0.717) is 80.3 Å².